The molecule has 0 radical (unpaired) electrons. The summed E-state index contributed by atoms with van der Waals surface area (Å²) in [6.45, 7) is 3.41. The highest BCUT2D eigenvalue weighted by atomic mass is 16.5. The van der Waals surface area contributed by atoms with Gasteiger partial charge in [-0.3, -0.25) is 14.4 Å². The van der Waals surface area contributed by atoms with Crippen LogP contribution in [0, 0.1) is 24.2 Å². The summed E-state index contributed by atoms with van der Waals surface area (Å²) in [5, 5.41) is 23.5. The summed E-state index contributed by atoms with van der Waals surface area (Å²) < 4.78 is 7.86. The minimum absolute atomic E-state index is 0.0538. The van der Waals surface area contributed by atoms with Crippen molar-refractivity contribution in [2.45, 2.75) is 45.8 Å². The highest BCUT2D eigenvalue weighted by Gasteiger charge is 2.28. The van der Waals surface area contributed by atoms with Crippen LogP contribution in [0.2, 0.25) is 0 Å². The molecule has 2 aromatic carbocycles. The monoisotopic (exact) mass is 444 g/mol. The van der Waals surface area contributed by atoms with Gasteiger partial charge in [0.1, 0.15) is 18.1 Å². The molecule has 2 heterocycles. The zero-order valence-electron chi connectivity index (χ0n) is 18.8. The molecule has 0 spiro atoms. The molecule has 3 aromatic rings. The molecule has 170 valence electrons. The van der Waals surface area contributed by atoms with Crippen molar-refractivity contribution in [2.24, 2.45) is 5.92 Å². The minimum atomic E-state index is 0.0538. The second-order valence-corrected chi connectivity index (χ2v) is 8.47. The Labute approximate surface area is 193 Å². The van der Waals surface area contributed by atoms with Gasteiger partial charge in [-0.15, -0.1) is 0 Å². The van der Waals surface area contributed by atoms with Crippen molar-refractivity contribution in [2.75, 3.05) is 11.4 Å². The fraction of sp³-hybridized carbons (Fsp3) is 0.346. The van der Waals surface area contributed by atoms with Gasteiger partial charge in [-0.1, -0.05) is 30.3 Å². The number of carbonyl (C=O) groups is 1. The quantitative estimate of drug-likeness (QED) is 0.549. The van der Waals surface area contributed by atoms with Gasteiger partial charge in [0.2, 0.25) is 5.91 Å². The molecule has 0 bridgehead atoms. The van der Waals surface area contributed by atoms with Crippen LogP contribution in [0.3, 0.4) is 0 Å². The van der Waals surface area contributed by atoms with Gasteiger partial charge in [0.15, 0.2) is 5.82 Å². The Morgan fingerprint density at radius 2 is 2.03 bits per heavy atom. The number of carbonyl (C=O) groups excluding carboxylic acids is 1. The topological polar surface area (TPSA) is 91.4 Å². The Balaban J connectivity index is 1.47. The van der Waals surface area contributed by atoms with Gasteiger partial charge in [0, 0.05) is 36.7 Å². The number of ether oxygens (including phenoxy) is 1. The maximum absolute atomic E-state index is 12.7. The summed E-state index contributed by atoms with van der Waals surface area (Å²) in [4.78, 5) is 14.4. The zero-order valence-corrected chi connectivity index (χ0v) is 18.8. The van der Waals surface area contributed by atoms with E-state index in [-0.39, 0.29) is 17.6 Å². The number of piperidine rings is 1. The summed E-state index contributed by atoms with van der Waals surface area (Å²) in [5.41, 5.74) is 2.79. The Bertz CT molecular complexity index is 1150. The number of benzene rings is 2. The van der Waals surface area contributed by atoms with E-state index < -0.39 is 0 Å². The SMILES string of the molecule is Cc1cc(N2CCC(CCC#N)CC2=O)nn1Cc1cc(O)ccc1OCc1ccccc1. The Morgan fingerprint density at radius 1 is 1.21 bits per heavy atom. The fourth-order valence-corrected chi connectivity index (χ4v) is 4.16. The van der Waals surface area contributed by atoms with Crippen molar-refractivity contribution in [3.8, 4) is 17.6 Å². The lowest BCUT2D eigenvalue weighted by Gasteiger charge is -2.29. The smallest absolute Gasteiger partial charge is 0.228 e. The molecule has 1 aliphatic rings. The summed E-state index contributed by atoms with van der Waals surface area (Å²) in [6.07, 6.45) is 2.60. The number of nitrogens with zero attached hydrogens (tertiary/aromatic N) is 4. The number of rotatable bonds is 8. The van der Waals surface area contributed by atoms with Crippen LogP contribution in [0.4, 0.5) is 5.82 Å². The maximum atomic E-state index is 12.7. The number of anilines is 1. The third-order valence-corrected chi connectivity index (χ3v) is 6.04. The van der Waals surface area contributed by atoms with Crippen molar-refractivity contribution in [1.29, 1.82) is 5.26 Å². The van der Waals surface area contributed by atoms with E-state index in [0.29, 0.717) is 44.1 Å². The molecule has 1 fully saturated rings. The summed E-state index contributed by atoms with van der Waals surface area (Å²) in [7, 11) is 0. The Hall–Kier alpha value is -3.79. The van der Waals surface area contributed by atoms with Crippen LogP contribution < -0.4 is 9.64 Å². The van der Waals surface area contributed by atoms with Crippen molar-refractivity contribution in [3.05, 3.63) is 71.4 Å². The van der Waals surface area contributed by atoms with E-state index in [1.165, 1.54) is 0 Å². The number of phenols is 1. The largest absolute Gasteiger partial charge is 0.508 e. The number of aromatic nitrogens is 2. The number of amides is 1. The van der Waals surface area contributed by atoms with Crippen LogP contribution in [0.5, 0.6) is 11.5 Å². The van der Waals surface area contributed by atoms with E-state index in [2.05, 4.69) is 11.2 Å². The highest BCUT2D eigenvalue weighted by molar-refractivity contribution is 5.93. The lowest BCUT2D eigenvalue weighted by Crippen LogP contribution is -2.39. The number of hydrogen-bond donors (Lipinski definition) is 1. The fourth-order valence-electron chi connectivity index (χ4n) is 4.16. The number of phenolic OH excluding ortho intramolecular Hbond substituents is 1. The molecule has 7 heteroatoms. The first kappa shape index (κ1) is 22.4. The van der Waals surface area contributed by atoms with Crippen LogP contribution in [0.15, 0.2) is 54.6 Å². The zero-order chi connectivity index (χ0) is 23.2. The van der Waals surface area contributed by atoms with Crippen LogP contribution >= 0.6 is 0 Å². The molecule has 1 amide bonds. The van der Waals surface area contributed by atoms with Crippen LogP contribution in [-0.4, -0.2) is 27.3 Å². The van der Waals surface area contributed by atoms with E-state index in [0.717, 1.165) is 29.7 Å². The first-order valence-corrected chi connectivity index (χ1v) is 11.2. The average Bonchev–Trinajstić information content (AvgIpc) is 3.17. The van der Waals surface area contributed by atoms with Crippen molar-refractivity contribution in [3.63, 3.8) is 0 Å². The standard InChI is InChI=1S/C26H28N4O3/c1-19-14-25(29-13-11-20(8-5-12-27)15-26(29)32)28-30(19)17-22-16-23(31)9-10-24(22)33-18-21-6-3-2-4-7-21/h2-4,6-7,9-10,14,16,20,31H,5,8,11,13,15,17-18H2,1H3. The minimum Gasteiger partial charge on any atom is -0.508 e. The molecule has 7 nitrogen and oxygen atoms in total. The number of aromatic hydroxyl groups is 1. The lowest BCUT2D eigenvalue weighted by atomic mass is 9.92. The molecule has 33 heavy (non-hydrogen) atoms. The predicted octanol–water partition coefficient (Wildman–Crippen LogP) is 4.57. The van der Waals surface area contributed by atoms with Gasteiger partial charge >= 0.3 is 0 Å². The molecule has 0 aliphatic carbocycles. The van der Waals surface area contributed by atoms with Gasteiger partial charge in [0.25, 0.3) is 0 Å². The average molecular weight is 445 g/mol. The van der Waals surface area contributed by atoms with E-state index in [1.54, 1.807) is 23.1 Å². The molecule has 1 atom stereocenters. The third kappa shape index (κ3) is 5.53. The Kier molecular flexibility index (Phi) is 6.94. The third-order valence-electron chi connectivity index (χ3n) is 6.04. The highest BCUT2D eigenvalue weighted by Crippen LogP contribution is 2.29. The molecular formula is C26H28N4O3. The normalized spacial score (nSPS) is 15.9. The van der Waals surface area contributed by atoms with Crippen LogP contribution in [0.1, 0.15) is 42.5 Å². The molecular weight excluding hydrogens is 416 g/mol. The molecule has 4 rings (SSSR count). The number of nitriles is 1. The van der Waals surface area contributed by atoms with Gasteiger partial charge in [0.05, 0.1) is 12.6 Å². The summed E-state index contributed by atoms with van der Waals surface area (Å²) in [5.74, 6) is 1.81. The van der Waals surface area contributed by atoms with E-state index in [4.69, 9.17) is 10.00 Å². The van der Waals surface area contributed by atoms with Gasteiger partial charge in [-0.2, -0.15) is 10.4 Å². The van der Waals surface area contributed by atoms with E-state index in [9.17, 15) is 9.90 Å². The number of aryl methyl sites for hydroxylation is 1. The van der Waals surface area contributed by atoms with E-state index in [1.807, 2.05) is 48.0 Å². The van der Waals surface area contributed by atoms with Gasteiger partial charge < -0.3 is 9.84 Å². The van der Waals surface area contributed by atoms with Crippen molar-refractivity contribution in [1.82, 2.24) is 9.78 Å². The maximum Gasteiger partial charge on any atom is 0.228 e. The predicted molar refractivity (Wildman–Crippen MR) is 125 cm³/mol. The molecule has 1 aliphatic heterocycles. The molecule has 1 aromatic heterocycles. The number of hydrogen-bond acceptors (Lipinski definition) is 5. The molecule has 1 unspecified atom stereocenters. The first-order chi connectivity index (χ1) is 16.0. The first-order valence-electron chi connectivity index (χ1n) is 11.2. The molecule has 0 saturated carbocycles. The van der Waals surface area contributed by atoms with Crippen molar-refractivity contribution < 1.29 is 14.6 Å². The van der Waals surface area contributed by atoms with Gasteiger partial charge in [-0.25, -0.2) is 0 Å². The summed E-state index contributed by atoms with van der Waals surface area (Å²) >= 11 is 0. The summed E-state index contributed by atoms with van der Waals surface area (Å²) in [6, 6.07) is 19.1. The van der Waals surface area contributed by atoms with Gasteiger partial charge in [-0.05, 0) is 49.4 Å². The second kappa shape index (κ2) is 10.2. The molecule has 1 saturated heterocycles. The second-order valence-electron chi connectivity index (χ2n) is 8.47. The lowest BCUT2D eigenvalue weighted by molar-refractivity contribution is -0.120. The van der Waals surface area contributed by atoms with Crippen molar-refractivity contribution >= 4 is 11.7 Å². The van der Waals surface area contributed by atoms with Crippen LogP contribution in [-0.2, 0) is 17.9 Å². The van der Waals surface area contributed by atoms with Crippen LogP contribution in [0.25, 0.3) is 0 Å². The van der Waals surface area contributed by atoms with E-state index >= 15 is 0 Å². The molecule has 1 N–H and O–H groups in total. The Morgan fingerprint density at radius 3 is 2.79 bits per heavy atom.